The Morgan fingerprint density at radius 2 is 2.04 bits per heavy atom. The number of aryl methyl sites for hydroxylation is 1. The highest BCUT2D eigenvalue weighted by Gasteiger charge is 2.30. The standard InChI is InChI=1S/C16H17F3N6O/c1-9(8-26)21-13-12-7-20-25(2)14(12)24-15(23-13)22-11-5-3-4-10(6-11)16(17,18)19/h3-7,9,26H,8H2,1-2H3,(H2,21,22,23,24). The Kier molecular flexibility index (Phi) is 4.68. The summed E-state index contributed by atoms with van der Waals surface area (Å²) in [6.45, 7) is 1.66. The van der Waals surface area contributed by atoms with Crippen molar-refractivity contribution in [3.8, 4) is 0 Å². The largest absolute Gasteiger partial charge is 0.416 e. The molecule has 0 fully saturated rings. The molecule has 2 heterocycles. The molecule has 138 valence electrons. The Morgan fingerprint density at radius 3 is 2.73 bits per heavy atom. The molecule has 1 atom stereocenters. The van der Waals surface area contributed by atoms with Crippen LogP contribution in [0.2, 0.25) is 0 Å². The van der Waals surface area contributed by atoms with Gasteiger partial charge in [0.1, 0.15) is 5.82 Å². The first-order chi connectivity index (χ1) is 12.3. The molecule has 0 bridgehead atoms. The van der Waals surface area contributed by atoms with Crippen molar-refractivity contribution in [2.75, 3.05) is 17.2 Å². The molecule has 3 N–H and O–H groups in total. The summed E-state index contributed by atoms with van der Waals surface area (Å²) in [6.07, 6.45) is -2.86. The Hall–Kier alpha value is -2.88. The van der Waals surface area contributed by atoms with Crippen molar-refractivity contribution >= 4 is 28.5 Å². The van der Waals surface area contributed by atoms with Gasteiger partial charge in [0.15, 0.2) is 5.65 Å². The molecule has 7 nitrogen and oxygen atoms in total. The van der Waals surface area contributed by atoms with Gasteiger partial charge in [-0.1, -0.05) is 6.07 Å². The van der Waals surface area contributed by atoms with Gasteiger partial charge in [0.2, 0.25) is 5.95 Å². The van der Waals surface area contributed by atoms with Crippen molar-refractivity contribution < 1.29 is 18.3 Å². The first-order valence-corrected chi connectivity index (χ1v) is 7.79. The van der Waals surface area contributed by atoms with Crippen LogP contribution in [0.5, 0.6) is 0 Å². The van der Waals surface area contributed by atoms with E-state index < -0.39 is 11.7 Å². The first-order valence-electron chi connectivity index (χ1n) is 7.79. The molecule has 3 rings (SSSR count). The molecule has 0 saturated heterocycles. The SMILES string of the molecule is CC(CO)Nc1nc(Nc2cccc(C(F)(F)F)c2)nc2c1cnn2C. The number of aromatic nitrogens is 4. The van der Waals surface area contributed by atoms with Gasteiger partial charge in [-0.15, -0.1) is 0 Å². The molecule has 0 aliphatic rings. The normalized spacial score (nSPS) is 13.0. The zero-order chi connectivity index (χ0) is 18.9. The lowest BCUT2D eigenvalue weighted by atomic mass is 10.2. The van der Waals surface area contributed by atoms with Crippen LogP contribution in [0, 0.1) is 0 Å². The maximum Gasteiger partial charge on any atom is 0.416 e. The van der Waals surface area contributed by atoms with E-state index in [1.807, 2.05) is 0 Å². The summed E-state index contributed by atoms with van der Waals surface area (Å²) in [5.41, 5.74) is -0.0546. The van der Waals surface area contributed by atoms with Gasteiger partial charge >= 0.3 is 6.18 Å². The van der Waals surface area contributed by atoms with E-state index in [1.54, 1.807) is 20.2 Å². The number of aliphatic hydroxyl groups is 1. The zero-order valence-electron chi connectivity index (χ0n) is 14.0. The lowest BCUT2D eigenvalue weighted by molar-refractivity contribution is -0.137. The quantitative estimate of drug-likeness (QED) is 0.644. The number of nitrogens with zero attached hydrogens (tertiary/aromatic N) is 4. The fourth-order valence-electron chi connectivity index (χ4n) is 2.37. The van der Waals surface area contributed by atoms with Gasteiger partial charge in [-0.05, 0) is 25.1 Å². The molecule has 0 radical (unpaired) electrons. The lowest BCUT2D eigenvalue weighted by Crippen LogP contribution is -2.20. The van der Waals surface area contributed by atoms with E-state index in [0.717, 1.165) is 12.1 Å². The summed E-state index contributed by atoms with van der Waals surface area (Å²) in [6, 6.07) is 4.51. The lowest BCUT2D eigenvalue weighted by Gasteiger charge is -2.14. The summed E-state index contributed by atoms with van der Waals surface area (Å²) < 4.78 is 40.1. The van der Waals surface area contributed by atoms with E-state index in [-0.39, 0.29) is 24.3 Å². The molecular formula is C16H17F3N6O. The molecule has 3 aromatic rings. The molecule has 0 aliphatic heterocycles. The summed E-state index contributed by atoms with van der Waals surface area (Å²) >= 11 is 0. The third-order valence-corrected chi connectivity index (χ3v) is 3.70. The second kappa shape index (κ2) is 6.79. The predicted octanol–water partition coefficient (Wildman–Crippen LogP) is 2.92. The van der Waals surface area contributed by atoms with Gasteiger partial charge in [0.05, 0.1) is 23.8 Å². The number of hydrogen-bond acceptors (Lipinski definition) is 6. The van der Waals surface area contributed by atoms with Gasteiger partial charge in [0, 0.05) is 18.8 Å². The minimum atomic E-state index is -4.44. The van der Waals surface area contributed by atoms with E-state index >= 15 is 0 Å². The molecule has 0 amide bonds. The van der Waals surface area contributed by atoms with Crippen LogP contribution in [0.4, 0.5) is 30.6 Å². The Labute approximate surface area is 146 Å². The Bertz CT molecular complexity index is 924. The molecule has 10 heteroatoms. The molecule has 26 heavy (non-hydrogen) atoms. The van der Waals surface area contributed by atoms with Crippen LogP contribution < -0.4 is 10.6 Å². The summed E-state index contributed by atoms with van der Waals surface area (Å²) in [5.74, 6) is 0.548. The van der Waals surface area contributed by atoms with Crippen LogP contribution in [-0.2, 0) is 13.2 Å². The van der Waals surface area contributed by atoms with E-state index in [1.165, 1.54) is 16.8 Å². The topological polar surface area (TPSA) is 87.9 Å². The Morgan fingerprint density at radius 1 is 1.27 bits per heavy atom. The fraction of sp³-hybridized carbons (Fsp3) is 0.312. The van der Waals surface area contributed by atoms with E-state index in [0.29, 0.717) is 16.9 Å². The van der Waals surface area contributed by atoms with E-state index in [4.69, 9.17) is 0 Å². The number of anilines is 3. The first kappa shape index (κ1) is 17.9. The van der Waals surface area contributed by atoms with Crippen molar-refractivity contribution in [3.05, 3.63) is 36.0 Å². The van der Waals surface area contributed by atoms with Crippen molar-refractivity contribution in [2.24, 2.45) is 7.05 Å². The minimum Gasteiger partial charge on any atom is -0.394 e. The smallest absolute Gasteiger partial charge is 0.394 e. The van der Waals surface area contributed by atoms with Crippen molar-refractivity contribution in [2.45, 2.75) is 19.1 Å². The van der Waals surface area contributed by atoms with Crippen LogP contribution in [0.1, 0.15) is 12.5 Å². The van der Waals surface area contributed by atoms with Gasteiger partial charge in [-0.3, -0.25) is 4.68 Å². The number of benzene rings is 1. The highest BCUT2D eigenvalue weighted by atomic mass is 19.4. The number of aliphatic hydroxyl groups excluding tert-OH is 1. The minimum absolute atomic E-state index is 0.109. The van der Waals surface area contributed by atoms with Crippen LogP contribution in [-0.4, -0.2) is 37.5 Å². The van der Waals surface area contributed by atoms with Crippen LogP contribution >= 0.6 is 0 Å². The second-order valence-corrected chi connectivity index (χ2v) is 5.83. The summed E-state index contributed by atoms with van der Waals surface area (Å²) in [7, 11) is 1.70. The van der Waals surface area contributed by atoms with Crippen LogP contribution in [0.15, 0.2) is 30.5 Å². The average molecular weight is 366 g/mol. The van der Waals surface area contributed by atoms with Gasteiger partial charge in [-0.2, -0.15) is 28.2 Å². The monoisotopic (exact) mass is 366 g/mol. The molecule has 2 aromatic heterocycles. The van der Waals surface area contributed by atoms with Crippen LogP contribution in [0.3, 0.4) is 0 Å². The van der Waals surface area contributed by atoms with Gasteiger partial charge in [0.25, 0.3) is 0 Å². The van der Waals surface area contributed by atoms with Gasteiger partial charge in [-0.25, -0.2) is 0 Å². The number of fused-ring (bicyclic) bond motifs is 1. The van der Waals surface area contributed by atoms with Crippen molar-refractivity contribution in [1.29, 1.82) is 0 Å². The molecule has 0 saturated carbocycles. The van der Waals surface area contributed by atoms with Crippen LogP contribution in [0.25, 0.3) is 11.0 Å². The predicted molar refractivity (Wildman–Crippen MR) is 91.2 cm³/mol. The van der Waals surface area contributed by atoms with E-state index in [9.17, 15) is 18.3 Å². The molecular weight excluding hydrogens is 349 g/mol. The zero-order valence-corrected chi connectivity index (χ0v) is 14.0. The highest BCUT2D eigenvalue weighted by molar-refractivity contribution is 5.87. The highest BCUT2D eigenvalue weighted by Crippen LogP contribution is 2.31. The molecule has 0 spiro atoms. The maximum atomic E-state index is 12.9. The third-order valence-electron chi connectivity index (χ3n) is 3.70. The maximum absolute atomic E-state index is 12.9. The number of alkyl halides is 3. The number of rotatable bonds is 5. The summed E-state index contributed by atoms with van der Waals surface area (Å²) in [4.78, 5) is 8.62. The average Bonchev–Trinajstić information content (AvgIpc) is 2.96. The number of nitrogens with one attached hydrogen (secondary N) is 2. The Balaban J connectivity index is 1.99. The number of halogens is 3. The molecule has 0 aliphatic carbocycles. The fourth-order valence-corrected chi connectivity index (χ4v) is 2.37. The molecule has 1 aromatic carbocycles. The second-order valence-electron chi connectivity index (χ2n) is 5.83. The molecule has 1 unspecified atom stereocenters. The third kappa shape index (κ3) is 3.69. The van der Waals surface area contributed by atoms with Crippen molar-refractivity contribution in [1.82, 2.24) is 19.7 Å². The summed E-state index contributed by atoms with van der Waals surface area (Å²) in [5, 5.41) is 19.8. The van der Waals surface area contributed by atoms with Crippen molar-refractivity contribution in [3.63, 3.8) is 0 Å². The van der Waals surface area contributed by atoms with E-state index in [2.05, 4.69) is 25.7 Å². The van der Waals surface area contributed by atoms with Gasteiger partial charge < -0.3 is 15.7 Å². The number of hydrogen-bond donors (Lipinski definition) is 3.